The molecule has 1 fully saturated rings. The zero-order valence-electron chi connectivity index (χ0n) is 16.0. The van der Waals surface area contributed by atoms with Crippen LogP contribution >= 0.6 is 11.6 Å². The van der Waals surface area contributed by atoms with Crippen molar-refractivity contribution in [1.29, 1.82) is 0 Å². The van der Waals surface area contributed by atoms with Gasteiger partial charge in [-0.25, -0.2) is 0 Å². The van der Waals surface area contributed by atoms with Crippen molar-refractivity contribution in [3.8, 4) is 0 Å². The predicted molar refractivity (Wildman–Crippen MR) is 112 cm³/mol. The summed E-state index contributed by atoms with van der Waals surface area (Å²) in [5.74, 6) is -0.297. The van der Waals surface area contributed by atoms with Crippen LogP contribution in [0.2, 0.25) is 5.02 Å². The third-order valence-corrected chi connectivity index (χ3v) is 6.01. The molecule has 1 aromatic carbocycles. The number of carbonyl (C=O) groups excluding carboxylic acids is 2. The number of rotatable bonds is 3. The number of hydrogen-bond acceptors (Lipinski definition) is 4. The predicted octanol–water partition coefficient (Wildman–Crippen LogP) is 3.73. The topological polar surface area (TPSA) is 66.7 Å². The number of carbonyl (C=O) groups is 2. The third kappa shape index (κ3) is 2.83. The van der Waals surface area contributed by atoms with Crippen molar-refractivity contribution >= 4 is 29.5 Å². The van der Waals surface area contributed by atoms with Crippen LogP contribution in [-0.4, -0.2) is 39.7 Å². The van der Waals surface area contributed by atoms with Crippen molar-refractivity contribution in [3.05, 3.63) is 94.7 Å². The lowest BCUT2D eigenvalue weighted by Crippen LogP contribution is -2.58. The van der Waals surface area contributed by atoms with Gasteiger partial charge in [-0.2, -0.15) is 0 Å². The molecule has 1 saturated heterocycles. The number of furan rings is 1. The molecule has 2 aliphatic heterocycles. The highest BCUT2D eigenvalue weighted by atomic mass is 35.5. The van der Waals surface area contributed by atoms with Gasteiger partial charge in [0.2, 0.25) is 5.91 Å². The van der Waals surface area contributed by atoms with E-state index in [1.54, 1.807) is 64.9 Å². The molecule has 4 heterocycles. The number of amides is 2. The van der Waals surface area contributed by atoms with Gasteiger partial charge in [0.15, 0.2) is 0 Å². The zero-order valence-corrected chi connectivity index (χ0v) is 16.7. The largest absolute Gasteiger partial charge is 0.472 e. The average molecular weight is 420 g/mol. The third-order valence-electron chi connectivity index (χ3n) is 5.75. The standard InChI is InChI=1S/C23H18ClN3O3/c24-18-6-4-17(5-7-18)23-14-20-19(2-1-10-25-20)22(29)27(23)12-11-26(23)21(28)8-3-16-9-13-30-15-16/h1-10,13,15H,11-12,14H2/b8-3+. The molecule has 1 unspecified atom stereocenters. The van der Waals surface area contributed by atoms with E-state index in [1.165, 1.54) is 6.08 Å². The first kappa shape index (κ1) is 18.6. The lowest BCUT2D eigenvalue weighted by Gasteiger charge is -2.46. The maximum absolute atomic E-state index is 13.3. The highest BCUT2D eigenvalue weighted by Gasteiger charge is 2.55. The second-order valence-corrected chi connectivity index (χ2v) is 7.77. The molecule has 1 atom stereocenters. The minimum absolute atomic E-state index is 0.117. The Morgan fingerprint density at radius 3 is 2.77 bits per heavy atom. The Hall–Kier alpha value is -3.38. The first-order valence-electron chi connectivity index (χ1n) is 9.63. The zero-order chi connectivity index (χ0) is 20.7. The van der Waals surface area contributed by atoms with Crippen LogP contribution in [0.15, 0.2) is 71.7 Å². The minimum Gasteiger partial charge on any atom is -0.472 e. The van der Waals surface area contributed by atoms with Crippen molar-refractivity contribution in [2.75, 3.05) is 13.1 Å². The van der Waals surface area contributed by atoms with Gasteiger partial charge in [0.1, 0.15) is 5.66 Å². The molecule has 2 amide bonds. The molecule has 3 aromatic rings. The monoisotopic (exact) mass is 419 g/mol. The van der Waals surface area contributed by atoms with Gasteiger partial charge in [-0.05, 0) is 42.0 Å². The lowest BCUT2D eigenvalue weighted by atomic mass is 9.86. The molecule has 2 aromatic heterocycles. The van der Waals surface area contributed by atoms with Gasteiger partial charge < -0.3 is 14.2 Å². The van der Waals surface area contributed by atoms with Crippen LogP contribution in [0.5, 0.6) is 0 Å². The molecule has 0 aliphatic carbocycles. The summed E-state index contributed by atoms with van der Waals surface area (Å²) in [6.45, 7) is 0.873. The maximum Gasteiger partial charge on any atom is 0.257 e. The van der Waals surface area contributed by atoms with Crippen LogP contribution in [0.1, 0.15) is 27.2 Å². The summed E-state index contributed by atoms with van der Waals surface area (Å²) in [7, 11) is 0. The summed E-state index contributed by atoms with van der Waals surface area (Å²) in [6.07, 6.45) is 8.45. The Morgan fingerprint density at radius 2 is 2.00 bits per heavy atom. The van der Waals surface area contributed by atoms with Crippen molar-refractivity contribution in [1.82, 2.24) is 14.8 Å². The highest BCUT2D eigenvalue weighted by molar-refractivity contribution is 6.30. The molecule has 5 rings (SSSR count). The fourth-order valence-corrected chi connectivity index (χ4v) is 4.50. The second kappa shape index (κ2) is 7.15. The first-order chi connectivity index (χ1) is 14.6. The summed E-state index contributed by atoms with van der Waals surface area (Å²) in [6, 6.07) is 12.6. The SMILES string of the molecule is O=C(/C=C/c1ccoc1)N1CCN2C(=O)c3cccnc3CC12c1ccc(Cl)cc1. The second-order valence-electron chi connectivity index (χ2n) is 7.33. The highest BCUT2D eigenvalue weighted by Crippen LogP contribution is 2.44. The van der Waals surface area contributed by atoms with Gasteiger partial charge in [-0.3, -0.25) is 14.6 Å². The van der Waals surface area contributed by atoms with E-state index in [4.69, 9.17) is 16.0 Å². The normalized spacial score (nSPS) is 20.5. The number of halogens is 1. The maximum atomic E-state index is 13.3. The number of hydrogen-bond donors (Lipinski definition) is 0. The minimum atomic E-state index is -0.944. The summed E-state index contributed by atoms with van der Waals surface area (Å²) in [5.41, 5.74) is 1.96. The summed E-state index contributed by atoms with van der Waals surface area (Å²) in [4.78, 5) is 34.6. The van der Waals surface area contributed by atoms with Gasteiger partial charge >= 0.3 is 0 Å². The van der Waals surface area contributed by atoms with Crippen LogP contribution in [0.4, 0.5) is 0 Å². The molecule has 0 spiro atoms. The molecule has 2 aliphatic rings. The van der Waals surface area contributed by atoms with E-state index in [9.17, 15) is 9.59 Å². The molecular formula is C23H18ClN3O3. The fraction of sp³-hybridized carbons (Fsp3) is 0.174. The quantitative estimate of drug-likeness (QED) is 0.606. The van der Waals surface area contributed by atoms with Crippen LogP contribution in [0, 0.1) is 0 Å². The van der Waals surface area contributed by atoms with Crippen LogP contribution < -0.4 is 0 Å². The number of fused-ring (bicyclic) bond motifs is 2. The lowest BCUT2D eigenvalue weighted by molar-refractivity contribution is -0.134. The first-order valence-corrected chi connectivity index (χ1v) is 10.0. The van der Waals surface area contributed by atoms with Gasteiger partial charge in [-0.1, -0.05) is 23.7 Å². The van der Waals surface area contributed by atoms with Gasteiger partial charge in [-0.15, -0.1) is 0 Å². The fourth-order valence-electron chi connectivity index (χ4n) is 4.38. The molecule has 150 valence electrons. The number of pyridine rings is 1. The van der Waals surface area contributed by atoms with Gasteiger partial charge in [0.25, 0.3) is 5.91 Å². The summed E-state index contributed by atoms with van der Waals surface area (Å²) in [5, 5.41) is 0.595. The smallest absolute Gasteiger partial charge is 0.257 e. The molecule has 0 N–H and O–H groups in total. The summed E-state index contributed by atoms with van der Waals surface area (Å²) >= 11 is 6.11. The summed E-state index contributed by atoms with van der Waals surface area (Å²) < 4.78 is 5.06. The Bertz CT molecular complexity index is 1140. The van der Waals surface area contributed by atoms with E-state index in [1.807, 2.05) is 12.1 Å². The molecule has 0 radical (unpaired) electrons. The Kier molecular flexibility index (Phi) is 4.44. The average Bonchev–Trinajstić information content (AvgIpc) is 3.41. The Balaban J connectivity index is 1.62. The van der Waals surface area contributed by atoms with E-state index in [-0.39, 0.29) is 11.8 Å². The van der Waals surface area contributed by atoms with E-state index < -0.39 is 5.66 Å². The van der Waals surface area contributed by atoms with Crippen LogP contribution in [0.25, 0.3) is 6.08 Å². The van der Waals surface area contributed by atoms with Crippen LogP contribution in [0.3, 0.4) is 0 Å². The number of benzene rings is 1. The Morgan fingerprint density at radius 1 is 1.17 bits per heavy atom. The molecule has 7 heteroatoms. The number of aromatic nitrogens is 1. The van der Waals surface area contributed by atoms with E-state index >= 15 is 0 Å². The van der Waals surface area contributed by atoms with E-state index in [0.717, 1.165) is 11.1 Å². The molecular weight excluding hydrogens is 402 g/mol. The van der Waals surface area contributed by atoms with Crippen molar-refractivity contribution in [2.24, 2.45) is 0 Å². The van der Waals surface area contributed by atoms with Gasteiger partial charge in [0, 0.05) is 42.4 Å². The van der Waals surface area contributed by atoms with Crippen LogP contribution in [-0.2, 0) is 16.9 Å². The van der Waals surface area contributed by atoms with Crippen molar-refractivity contribution in [3.63, 3.8) is 0 Å². The number of nitrogens with zero attached hydrogens (tertiary/aromatic N) is 3. The van der Waals surface area contributed by atoms with Gasteiger partial charge in [0.05, 0.1) is 23.8 Å². The van der Waals surface area contributed by atoms with Crippen molar-refractivity contribution < 1.29 is 14.0 Å². The molecule has 0 saturated carbocycles. The van der Waals surface area contributed by atoms with E-state index in [0.29, 0.717) is 35.8 Å². The Labute approximate surface area is 178 Å². The van der Waals surface area contributed by atoms with Crippen molar-refractivity contribution in [2.45, 2.75) is 12.1 Å². The van der Waals surface area contributed by atoms with E-state index in [2.05, 4.69) is 4.98 Å². The molecule has 0 bridgehead atoms. The molecule has 30 heavy (non-hydrogen) atoms. The molecule has 6 nitrogen and oxygen atoms in total.